The fourth-order valence-corrected chi connectivity index (χ4v) is 3.50. The van der Waals surface area contributed by atoms with Crippen LogP contribution in [0.2, 0.25) is 0 Å². The van der Waals surface area contributed by atoms with Gasteiger partial charge in [-0.3, -0.25) is 0 Å². The molecule has 1 aliphatic heterocycles. The first-order valence-electron chi connectivity index (χ1n) is 10.0. The van der Waals surface area contributed by atoms with E-state index >= 15 is 0 Å². The number of carbonyl (C=O) groups is 1. The van der Waals surface area contributed by atoms with Crippen LogP contribution < -0.4 is 0 Å². The van der Waals surface area contributed by atoms with Crippen LogP contribution >= 0.6 is 0 Å². The second-order valence-corrected chi connectivity index (χ2v) is 7.82. The molecule has 1 N–H and O–H groups in total. The molecule has 1 saturated heterocycles. The van der Waals surface area contributed by atoms with Crippen molar-refractivity contribution in [3.63, 3.8) is 0 Å². The van der Waals surface area contributed by atoms with E-state index < -0.39 is 11.8 Å². The van der Waals surface area contributed by atoms with Gasteiger partial charge in [-0.15, -0.1) is 0 Å². The highest BCUT2D eigenvalue weighted by Crippen LogP contribution is 2.25. The van der Waals surface area contributed by atoms with E-state index in [0.29, 0.717) is 25.5 Å². The van der Waals surface area contributed by atoms with E-state index in [1.54, 1.807) is 0 Å². The maximum atomic E-state index is 11.2. The third-order valence-electron chi connectivity index (χ3n) is 5.41. The minimum absolute atomic E-state index is 0.134. The number of aryl methyl sites for hydroxylation is 1. The van der Waals surface area contributed by atoms with Gasteiger partial charge in [0, 0.05) is 24.8 Å². The number of hydrogen-bond acceptors (Lipinski definition) is 5. The zero-order valence-electron chi connectivity index (χ0n) is 17.1. The van der Waals surface area contributed by atoms with E-state index in [1.165, 1.54) is 6.92 Å². The summed E-state index contributed by atoms with van der Waals surface area (Å²) in [6.07, 6.45) is 1.48. The second-order valence-electron chi connectivity index (χ2n) is 7.82. The molecule has 6 heteroatoms. The number of aromatic nitrogens is 1. The largest absolute Gasteiger partial charge is 0.477 e. The predicted octanol–water partition coefficient (Wildman–Crippen LogP) is 4.25. The van der Waals surface area contributed by atoms with Crippen molar-refractivity contribution in [2.24, 2.45) is 5.92 Å². The van der Waals surface area contributed by atoms with Crippen LogP contribution in [0.3, 0.4) is 0 Å². The van der Waals surface area contributed by atoms with E-state index in [0.717, 1.165) is 34.6 Å². The van der Waals surface area contributed by atoms with E-state index in [-0.39, 0.29) is 5.92 Å². The maximum absolute atomic E-state index is 11.2. The number of ether oxygens (including phenoxy) is 2. The van der Waals surface area contributed by atoms with Gasteiger partial charge in [0.1, 0.15) is 5.76 Å². The van der Waals surface area contributed by atoms with Crippen LogP contribution in [-0.2, 0) is 27.1 Å². The average molecular weight is 407 g/mol. The Hall–Kier alpha value is -2.96. The Morgan fingerprint density at radius 2 is 1.70 bits per heavy atom. The molecule has 0 saturated carbocycles. The number of oxazole rings is 1. The number of carboxylic acids is 1. The minimum Gasteiger partial charge on any atom is -0.477 e. The lowest BCUT2D eigenvalue weighted by molar-refractivity contribution is -0.270. The molecule has 156 valence electrons. The zero-order chi connectivity index (χ0) is 21.1. The molecule has 3 aromatic rings. The summed E-state index contributed by atoms with van der Waals surface area (Å²) < 4.78 is 16.7. The molecule has 1 fully saturated rings. The first kappa shape index (κ1) is 20.3. The molecule has 0 bridgehead atoms. The molecule has 30 heavy (non-hydrogen) atoms. The Kier molecular flexibility index (Phi) is 5.70. The summed E-state index contributed by atoms with van der Waals surface area (Å²) in [5, 5.41) is 9.15. The van der Waals surface area contributed by atoms with Crippen LogP contribution in [0.15, 0.2) is 59.0 Å². The molecule has 1 aromatic heterocycles. The van der Waals surface area contributed by atoms with Crippen LogP contribution in [0, 0.1) is 12.8 Å². The number of carboxylic acid groups (broad SMARTS) is 1. The fraction of sp³-hybridized carbons (Fsp3) is 0.333. The van der Waals surface area contributed by atoms with Gasteiger partial charge < -0.3 is 19.0 Å². The van der Waals surface area contributed by atoms with E-state index in [2.05, 4.69) is 29.2 Å². The van der Waals surface area contributed by atoms with Gasteiger partial charge in [-0.1, -0.05) is 42.5 Å². The number of aliphatic carboxylic acids is 1. The summed E-state index contributed by atoms with van der Waals surface area (Å²) in [6, 6.07) is 18.3. The Balaban J connectivity index is 1.37. The van der Waals surface area contributed by atoms with Gasteiger partial charge in [-0.2, -0.15) is 0 Å². The quantitative estimate of drug-likeness (QED) is 0.658. The van der Waals surface area contributed by atoms with E-state index in [1.807, 2.05) is 37.3 Å². The Morgan fingerprint density at radius 1 is 1.07 bits per heavy atom. The number of hydrogen-bond donors (Lipinski definition) is 1. The van der Waals surface area contributed by atoms with Crippen LogP contribution in [0.25, 0.3) is 11.5 Å². The fourth-order valence-electron chi connectivity index (χ4n) is 3.50. The van der Waals surface area contributed by atoms with Crippen LogP contribution in [-0.4, -0.2) is 35.1 Å². The van der Waals surface area contributed by atoms with Crippen molar-refractivity contribution in [3.8, 4) is 11.5 Å². The molecule has 4 rings (SSSR count). The van der Waals surface area contributed by atoms with Crippen molar-refractivity contribution in [3.05, 3.63) is 77.2 Å². The van der Waals surface area contributed by atoms with Gasteiger partial charge in [0.05, 0.1) is 18.9 Å². The van der Waals surface area contributed by atoms with Gasteiger partial charge in [-0.05, 0) is 36.6 Å². The molecule has 0 radical (unpaired) electrons. The Labute approximate surface area is 175 Å². The molecule has 0 atom stereocenters. The molecule has 0 spiro atoms. The van der Waals surface area contributed by atoms with Gasteiger partial charge in [0.15, 0.2) is 0 Å². The van der Waals surface area contributed by atoms with Crippen molar-refractivity contribution in [1.82, 2.24) is 4.98 Å². The molecule has 2 aromatic carbocycles. The Bertz CT molecular complexity index is 1000. The smallest absolute Gasteiger partial charge is 0.364 e. The lowest BCUT2D eigenvalue weighted by Gasteiger charge is -2.34. The van der Waals surface area contributed by atoms with Gasteiger partial charge in [-0.25, -0.2) is 9.78 Å². The van der Waals surface area contributed by atoms with Gasteiger partial charge in [0.25, 0.3) is 5.79 Å². The van der Waals surface area contributed by atoms with Crippen molar-refractivity contribution in [2.45, 2.75) is 32.5 Å². The highest BCUT2D eigenvalue weighted by Gasteiger charge is 2.40. The molecule has 1 aliphatic rings. The average Bonchev–Trinajstić information content (AvgIpc) is 3.12. The van der Waals surface area contributed by atoms with Crippen molar-refractivity contribution in [1.29, 1.82) is 0 Å². The monoisotopic (exact) mass is 407 g/mol. The summed E-state index contributed by atoms with van der Waals surface area (Å²) in [6.45, 7) is 4.11. The summed E-state index contributed by atoms with van der Waals surface area (Å²) in [4.78, 5) is 15.8. The zero-order valence-corrected chi connectivity index (χ0v) is 17.1. The summed E-state index contributed by atoms with van der Waals surface area (Å²) in [7, 11) is 0. The SMILES string of the molecule is Cc1oc(-c2ccccc2)nc1Cc1ccc(CC2COC(C)(C(=O)O)OC2)cc1. The normalized spacial score (nSPS) is 21.5. The van der Waals surface area contributed by atoms with Crippen molar-refractivity contribution in [2.75, 3.05) is 13.2 Å². The summed E-state index contributed by atoms with van der Waals surface area (Å²) in [5.41, 5.74) is 4.22. The minimum atomic E-state index is -1.53. The lowest BCUT2D eigenvalue weighted by atomic mass is 9.98. The molecular formula is C24H25NO5. The molecule has 0 unspecified atom stereocenters. The molecule has 0 aliphatic carbocycles. The van der Waals surface area contributed by atoms with Gasteiger partial charge >= 0.3 is 5.97 Å². The number of benzene rings is 2. The van der Waals surface area contributed by atoms with Crippen molar-refractivity contribution < 1.29 is 23.8 Å². The van der Waals surface area contributed by atoms with Crippen LogP contribution in [0.1, 0.15) is 29.5 Å². The second kappa shape index (κ2) is 8.42. The maximum Gasteiger partial charge on any atom is 0.364 e. The third-order valence-corrected chi connectivity index (χ3v) is 5.41. The third kappa shape index (κ3) is 4.45. The Morgan fingerprint density at radius 3 is 2.33 bits per heavy atom. The van der Waals surface area contributed by atoms with E-state index in [4.69, 9.17) is 19.0 Å². The van der Waals surface area contributed by atoms with Crippen LogP contribution in [0.5, 0.6) is 0 Å². The number of nitrogens with zero attached hydrogens (tertiary/aromatic N) is 1. The first-order valence-corrected chi connectivity index (χ1v) is 10.0. The van der Waals surface area contributed by atoms with E-state index in [9.17, 15) is 4.79 Å². The van der Waals surface area contributed by atoms with Gasteiger partial charge in [0.2, 0.25) is 5.89 Å². The first-order chi connectivity index (χ1) is 14.4. The molecule has 6 nitrogen and oxygen atoms in total. The summed E-state index contributed by atoms with van der Waals surface area (Å²) >= 11 is 0. The number of rotatable bonds is 6. The highest BCUT2D eigenvalue weighted by molar-refractivity contribution is 5.75. The topological polar surface area (TPSA) is 81.8 Å². The predicted molar refractivity (Wildman–Crippen MR) is 111 cm³/mol. The summed E-state index contributed by atoms with van der Waals surface area (Å²) in [5.74, 6) is -1.02. The van der Waals surface area contributed by atoms with Crippen molar-refractivity contribution >= 4 is 5.97 Å². The van der Waals surface area contributed by atoms with Crippen LogP contribution in [0.4, 0.5) is 0 Å². The molecular weight excluding hydrogens is 382 g/mol. The standard InChI is InChI=1S/C24H25NO5/c1-16-21(25-22(30-16)20-6-4-3-5-7-20)13-18-10-8-17(9-11-18)12-19-14-28-24(2,23(26)27)29-15-19/h3-11,19H,12-15H2,1-2H3,(H,26,27). The highest BCUT2D eigenvalue weighted by atomic mass is 16.7. The molecule has 0 amide bonds. The molecule has 2 heterocycles. The lowest BCUT2D eigenvalue weighted by Crippen LogP contribution is -2.48.